The van der Waals surface area contributed by atoms with Gasteiger partial charge in [0.15, 0.2) is 0 Å². The first-order valence-electron chi connectivity index (χ1n) is 5.47. The monoisotopic (exact) mass is 330 g/mol. The smallest absolute Gasteiger partial charge is 0.294 e. The molecule has 0 atom stereocenters. The number of rotatable bonds is 3. The first-order chi connectivity index (χ1) is 9.59. The molecule has 0 amide bonds. The molecule has 0 aliphatic rings. The zero-order chi connectivity index (χ0) is 15.8. The molecule has 112 valence electrons. The Balaban J connectivity index is 2.57. The first kappa shape index (κ1) is 15.4. The normalized spacial score (nSPS) is 12.3. The van der Waals surface area contributed by atoms with Crippen LogP contribution >= 0.6 is 0 Å². The summed E-state index contributed by atoms with van der Waals surface area (Å²) in [5.41, 5.74) is 0.400. The summed E-state index contributed by atoms with van der Waals surface area (Å²) in [4.78, 5) is -0.745. The van der Waals surface area contributed by atoms with E-state index in [0.717, 1.165) is 30.3 Å². The molecule has 0 unspecified atom stereocenters. The Morgan fingerprint density at radius 1 is 0.714 bits per heavy atom. The standard InChI is InChI=1S/C12H10O7S2/c13-12-6-5-10(21(17,18)19)7-11(12)8-1-3-9(4-2-8)20(14,15)16/h1-7,13H,(H,14,15,16)(H,17,18,19). The van der Waals surface area contributed by atoms with Crippen LogP contribution in [-0.2, 0) is 20.2 Å². The Kier molecular flexibility index (Phi) is 3.76. The Hall–Kier alpha value is -1.94. The summed E-state index contributed by atoms with van der Waals surface area (Å²) in [6, 6.07) is 7.94. The molecule has 0 fully saturated rings. The highest BCUT2D eigenvalue weighted by Crippen LogP contribution is 2.31. The summed E-state index contributed by atoms with van der Waals surface area (Å²) >= 11 is 0. The topological polar surface area (TPSA) is 129 Å². The van der Waals surface area contributed by atoms with Crippen LogP contribution in [0.1, 0.15) is 0 Å². The summed E-state index contributed by atoms with van der Waals surface area (Å²) < 4.78 is 61.9. The van der Waals surface area contributed by atoms with E-state index < -0.39 is 25.1 Å². The lowest BCUT2D eigenvalue weighted by Gasteiger charge is -2.07. The molecule has 2 aromatic carbocycles. The minimum Gasteiger partial charge on any atom is -0.507 e. The van der Waals surface area contributed by atoms with Crippen LogP contribution in [0.3, 0.4) is 0 Å². The van der Waals surface area contributed by atoms with Crippen molar-refractivity contribution in [2.45, 2.75) is 9.79 Å². The van der Waals surface area contributed by atoms with Gasteiger partial charge in [-0.05, 0) is 35.9 Å². The fraction of sp³-hybridized carbons (Fsp3) is 0. The number of phenols is 1. The fourth-order valence-corrected chi connectivity index (χ4v) is 2.70. The van der Waals surface area contributed by atoms with Crippen LogP contribution < -0.4 is 0 Å². The van der Waals surface area contributed by atoms with E-state index in [0.29, 0.717) is 5.56 Å². The van der Waals surface area contributed by atoms with Crippen molar-refractivity contribution in [3.8, 4) is 16.9 Å². The number of hydrogen-bond donors (Lipinski definition) is 3. The second-order valence-corrected chi connectivity index (χ2v) is 7.00. The van der Waals surface area contributed by atoms with Crippen LogP contribution in [0.25, 0.3) is 11.1 Å². The van der Waals surface area contributed by atoms with Crippen LogP contribution in [0.2, 0.25) is 0 Å². The van der Waals surface area contributed by atoms with Crippen LogP contribution in [-0.4, -0.2) is 31.0 Å². The van der Waals surface area contributed by atoms with Crippen LogP contribution in [0.15, 0.2) is 52.3 Å². The van der Waals surface area contributed by atoms with Crippen LogP contribution in [0.5, 0.6) is 5.75 Å². The van der Waals surface area contributed by atoms with Gasteiger partial charge in [0.05, 0.1) is 9.79 Å². The van der Waals surface area contributed by atoms with Crippen molar-refractivity contribution < 1.29 is 31.0 Å². The molecule has 0 radical (unpaired) electrons. The molecule has 0 aliphatic heterocycles. The number of benzene rings is 2. The van der Waals surface area contributed by atoms with E-state index in [1.54, 1.807) is 0 Å². The zero-order valence-corrected chi connectivity index (χ0v) is 12.0. The lowest BCUT2D eigenvalue weighted by Crippen LogP contribution is -1.99. The van der Waals surface area contributed by atoms with Crippen molar-refractivity contribution in [3.63, 3.8) is 0 Å². The summed E-state index contributed by atoms with van der Waals surface area (Å²) in [7, 11) is -8.77. The predicted octanol–water partition coefficient (Wildman–Crippen LogP) is 1.55. The number of aromatic hydroxyl groups is 1. The van der Waals surface area contributed by atoms with Gasteiger partial charge < -0.3 is 5.11 Å². The van der Waals surface area contributed by atoms with Crippen molar-refractivity contribution in [1.82, 2.24) is 0 Å². The Morgan fingerprint density at radius 3 is 1.67 bits per heavy atom. The maximum absolute atomic E-state index is 11.1. The van der Waals surface area contributed by atoms with Gasteiger partial charge in [0.2, 0.25) is 0 Å². The highest BCUT2D eigenvalue weighted by atomic mass is 32.2. The van der Waals surface area contributed by atoms with E-state index in [9.17, 15) is 21.9 Å². The maximum atomic E-state index is 11.1. The minimum atomic E-state index is -4.43. The highest BCUT2D eigenvalue weighted by molar-refractivity contribution is 7.86. The average Bonchev–Trinajstić information content (AvgIpc) is 2.37. The number of hydrogen-bond acceptors (Lipinski definition) is 5. The Morgan fingerprint density at radius 2 is 1.19 bits per heavy atom. The maximum Gasteiger partial charge on any atom is 0.294 e. The van der Waals surface area contributed by atoms with E-state index in [1.165, 1.54) is 12.1 Å². The summed E-state index contributed by atoms with van der Waals surface area (Å²) in [6.45, 7) is 0. The SMILES string of the molecule is O=S(=O)(O)c1ccc(-c2cc(S(=O)(=O)O)ccc2O)cc1. The van der Waals surface area contributed by atoms with Crippen molar-refractivity contribution >= 4 is 20.2 Å². The lowest BCUT2D eigenvalue weighted by atomic mass is 10.1. The third-order valence-corrected chi connectivity index (χ3v) is 4.45. The quantitative estimate of drug-likeness (QED) is 0.728. The van der Waals surface area contributed by atoms with Crippen molar-refractivity contribution in [2.75, 3.05) is 0 Å². The van der Waals surface area contributed by atoms with E-state index in [4.69, 9.17) is 9.11 Å². The van der Waals surface area contributed by atoms with E-state index in [1.807, 2.05) is 0 Å². The van der Waals surface area contributed by atoms with Gasteiger partial charge in [-0.1, -0.05) is 12.1 Å². The molecule has 0 saturated heterocycles. The molecular weight excluding hydrogens is 320 g/mol. The minimum absolute atomic E-state index is 0.0898. The van der Waals surface area contributed by atoms with Crippen molar-refractivity contribution in [2.24, 2.45) is 0 Å². The Bertz CT molecular complexity index is 882. The molecule has 9 heteroatoms. The van der Waals surface area contributed by atoms with Gasteiger partial charge in [-0.3, -0.25) is 9.11 Å². The van der Waals surface area contributed by atoms with Crippen LogP contribution in [0, 0.1) is 0 Å². The van der Waals surface area contributed by atoms with Crippen molar-refractivity contribution in [1.29, 1.82) is 0 Å². The van der Waals surface area contributed by atoms with E-state index >= 15 is 0 Å². The zero-order valence-electron chi connectivity index (χ0n) is 10.3. The van der Waals surface area contributed by atoms with Crippen LogP contribution in [0.4, 0.5) is 0 Å². The molecule has 0 aromatic heterocycles. The molecule has 3 N–H and O–H groups in total. The second-order valence-electron chi connectivity index (χ2n) is 4.15. The third-order valence-electron chi connectivity index (χ3n) is 2.73. The average molecular weight is 330 g/mol. The molecule has 0 aliphatic carbocycles. The largest absolute Gasteiger partial charge is 0.507 e. The molecule has 0 bridgehead atoms. The summed E-state index contributed by atoms with van der Waals surface area (Å²) in [6.07, 6.45) is 0. The number of phenolic OH excluding ortho intramolecular Hbond substituents is 1. The predicted molar refractivity (Wildman–Crippen MR) is 73.2 cm³/mol. The van der Waals surface area contributed by atoms with E-state index in [2.05, 4.69) is 0 Å². The van der Waals surface area contributed by atoms with Gasteiger partial charge >= 0.3 is 0 Å². The molecule has 0 saturated carbocycles. The molecule has 0 spiro atoms. The van der Waals surface area contributed by atoms with Gasteiger partial charge in [0, 0.05) is 5.56 Å². The molecule has 2 aromatic rings. The fourth-order valence-electron chi connectivity index (χ4n) is 1.71. The second kappa shape index (κ2) is 5.11. The first-order valence-corrected chi connectivity index (χ1v) is 8.35. The van der Waals surface area contributed by atoms with E-state index in [-0.39, 0.29) is 16.2 Å². The summed E-state index contributed by atoms with van der Waals surface area (Å²) in [5.74, 6) is -0.248. The molecule has 0 heterocycles. The molecule has 2 rings (SSSR count). The van der Waals surface area contributed by atoms with Crippen molar-refractivity contribution in [3.05, 3.63) is 42.5 Å². The summed E-state index contributed by atoms with van der Waals surface area (Å²) in [5, 5.41) is 9.74. The molecular formula is C12H10O7S2. The van der Waals surface area contributed by atoms with Gasteiger partial charge in [-0.15, -0.1) is 0 Å². The molecule has 21 heavy (non-hydrogen) atoms. The van der Waals surface area contributed by atoms with Gasteiger partial charge in [0.1, 0.15) is 5.75 Å². The lowest BCUT2D eigenvalue weighted by molar-refractivity contribution is 0.474. The van der Waals surface area contributed by atoms with Gasteiger partial charge in [0.25, 0.3) is 20.2 Å². The van der Waals surface area contributed by atoms with Gasteiger partial charge in [-0.25, -0.2) is 0 Å². The molecule has 7 nitrogen and oxygen atoms in total. The van der Waals surface area contributed by atoms with Gasteiger partial charge in [-0.2, -0.15) is 16.8 Å². The third kappa shape index (κ3) is 3.39. The highest BCUT2D eigenvalue weighted by Gasteiger charge is 2.15. The Labute approximate surface area is 121 Å².